The standard InChI is InChI=1S/C20H19N3O2S2/c1-3-15-7-9-18(10-8-15)27(24,25)22-17-6-4-5-16(11-17)19-12-23-14(2)13-26-20(23)21-19/h4-13,22H,3H2,1-2H3. The number of rotatable bonds is 5. The zero-order chi connectivity index (χ0) is 19.0. The summed E-state index contributed by atoms with van der Waals surface area (Å²) in [5.41, 5.74) is 4.43. The van der Waals surface area contributed by atoms with Gasteiger partial charge >= 0.3 is 0 Å². The summed E-state index contributed by atoms with van der Waals surface area (Å²) in [6.07, 6.45) is 2.84. The highest BCUT2D eigenvalue weighted by atomic mass is 32.2. The van der Waals surface area contributed by atoms with Crippen molar-refractivity contribution >= 4 is 32.0 Å². The largest absolute Gasteiger partial charge is 0.294 e. The van der Waals surface area contributed by atoms with Crippen LogP contribution in [-0.4, -0.2) is 17.8 Å². The van der Waals surface area contributed by atoms with Crippen LogP contribution in [0.1, 0.15) is 18.2 Å². The van der Waals surface area contributed by atoms with Crippen molar-refractivity contribution in [3.05, 3.63) is 71.4 Å². The number of hydrogen-bond donors (Lipinski definition) is 1. The average Bonchev–Trinajstić information content (AvgIpc) is 3.24. The summed E-state index contributed by atoms with van der Waals surface area (Å²) in [7, 11) is -3.63. The zero-order valence-corrected chi connectivity index (χ0v) is 16.6. The van der Waals surface area contributed by atoms with Crippen LogP contribution in [0.5, 0.6) is 0 Å². The van der Waals surface area contributed by atoms with Crippen molar-refractivity contribution in [2.45, 2.75) is 25.2 Å². The van der Waals surface area contributed by atoms with Gasteiger partial charge in [-0.2, -0.15) is 0 Å². The van der Waals surface area contributed by atoms with E-state index in [1.807, 2.05) is 48.7 Å². The van der Waals surface area contributed by atoms with Gasteiger partial charge in [0.2, 0.25) is 0 Å². The van der Waals surface area contributed by atoms with Gasteiger partial charge in [-0.15, -0.1) is 11.3 Å². The molecule has 4 rings (SSSR count). The molecule has 0 saturated heterocycles. The molecule has 2 aromatic carbocycles. The molecule has 1 N–H and O–H groups in total. The summed E-state index contributed by atoms with van der Waals surface area (Å²) in [6, 6.07) is 14.2. The van der Waals surface area contributed by atoms with Crippen molar-refractivity contribution in [2.24, 2.45) is 0 Å². The van der Waals surface area contributed by atoms with Crippen molar-refractivity contribution in [1.82, 2.24) is 9.38 Å². The van der Waals surface area contributed by atoms with Crippen LogP contribution in [-0.2, 0) is 16.4 Å². The van der Waals surface area contributed by atoms with Crippen molar-refractivity contribution < 1.29 is 8.42 Å². The molecule has 0 spiro atoms. The Morgan fingerprint density at radius 3 is 2.63 bits per heavy atom. The molecular weight excluding hydrogens is 378 g/mol. The second-order valence-corrected chi connectivity index (χ2v) is 8.86. The highest BCUT2D eigenvalue weighted by molar-refractivity contribution is 7.92. The Hall–Kier alpha value is -2.64. The van der Waals surface area contributed by atoms with E-state index >= 15 is 0 Å². The van der Waals surface area contributed by atoms with E-state index in [1.54, 1.807) is 35.6 Å². The van der Waals surface area contributed by atoms with Gasteiger partial charge in [0.15, 0.2) is 4.96 Å². The van der Waals surface area contributed by atoms with E-state index in [1.165, 1.54) is 0 Å². The summed E-state index contributed by atoms with van der Waals surface area (Å²) in [4.78, 5) is 5.80. The number of aromatic nitrogens is 2. The molecule has 7 heteroatoms. The predicted octanol–water partition coefficient (Wildman–Crippen LogP) is 4.73. The number of nitrogens with zero attached hydrogens (tertiary/aromatic N) is 2. The summed E-state index contributed by atoms with van der Waals surface area (Å²) < 4.78 is 30.0. The highest BCUT2D eigenvalue weighted by Gasteiger charge is 2.15. The molecule has 27 heavy (non-hydrogen) atoms. The number of hydrogen-bond acceptors (Lipinski definition) is 4. The maximum Gasteiger partial charge on any atom is 0.261 e. The number of aryl methyl sites for hydroxylation is 2. The van der Waals surface area contributed by atoms with Crippen LogP contribution < -0.4 is 4.72 Å². The molecule has 0 unspecified atom stereocenters. The lowest BCUT2D eigenvalue weighted by molar-refractivity contribution is 0.601. The minimum Gasteiger partial charge on any atom is -0.294 e. The number of sulfonamides is 1. The number of benzene rings is 2. The third kappa shape index (κ3) is 3.48. The van der Waals surface area contributed by atoms with E-state index in [4.69, 9.17) is 0 Å². The third-order valence-corrected chi connectivity index (χ3v) is 6.80. The third-order valence-electron chi connectivity index (χ3n) is 4.44. The first-order valence-electron chi connectivity index (χ1n) is 8.61. The Labute approximate surface area is 162 Å². The molecule has 0 aliphatic heterocycles. The fraction of sp³-hybridized carbons (Fsp3) is 0.150. The molecule has 4 aromatic rings. The molecule has 0 saturated carbocycles. The van der Waals surface area contributed by atoms with Crippen LogP contribution >= 0.6 is 11.3 Å². The Kier molecular flexibility index (Phi) is 4.49. The quantitative estimate of drug-likeness (QED) is 0.529. The second kappa shape index (κ2) is 6.83. The van der Waals surface area contributed by atoms with Crippen molar-refractivity contribution in [2.75, 3.05) is 4.72 Å². The summed E-state index contributed by atoms with van der Waals surface area (Å²) in [6.45, 7) is 4.07. The number of anilines is 1. The van der Waals surface area contributed by atoms with Crippen molar-refractivity contribution in [3.8, 4) is 11.3 Å². The fourth-order valence-electron chi connectivity index (χ4n) is 2.89. The minimum atomic E-state index is -3.63. The van der Waals surface area contributed by atoms with Gasteiger partial charge in [-0.05, 0) is 43.2 Å². The van der Waals surface area contributed by atoms with Gasteiger partial charge in [0.05, 0.1) is 10.6 Å². The van der Waals surface area contributed by atoms with E-state index in [-0.39, 0.29) is 4.90 Å². The molecule has 0 atom stereocenters. The van der Waals surface area contributed by atoms with E-state index in [2.05, 4.69) is 15.1 Å². The summed E-state index contributed by atoms with van der Waals surface area (Å²) >= 11 is 1.58. The highest BCUT2D eigenvalue weighted by Crippen LogP contribution is 2.26. The second-order valence-electron chi connectivity index (χ2n) is 6.34. The van der Waals surface area contributed by atoms with Crippen LogP contribution in [0, 0.1) is 6.92 Å². The normalized spacial score (nSPS) is 11.8. The zero-order valence-electron chi connectivity index (χ0n) is 15.0. The molecule has 5 nitrogen and oxygen atoms in total. The van der Waals surface area contributed by atoms with Crippen LogP contribution in [0.4, 0.5) is 5.69 Å². The molecule has 0 aliphatic rings. The van der Waals surface area contributed by atoms with E-state index in [9.17, 15) is 8.42 Å². The Morgan fingerprint density at radius 2 is 1.93 bits per heavy atom. The lowest BCUT2D eigenvalue weighted by Crippen LogP contribution is -2.12. The number of imidazole rings is 1. The van der Waals surface area contributed by atoms with Crippen molar-refractivity contribution in [3.63, 3.8) is 0 Å². The number of nitrogens with one attached hydrogen (secondary N) is 1. The lowest BCUT2D eigenvalue weighted by atomic mass is 10.1. The molecule has 138 valence electrons. The smallest absolute Gasteiger partial charge is 0.261 e. The van der Waals surface area contributed by atoms with Crippen LogP contribution in [0.25, 0.3) is 16.2 Å². The Balaban J connectivity index is 1.63. The topological polar surface area (TPSA) is 63.5 Å². The summed E-state index contributed by atoms with van der Waals surface area (Å²) in [5, 5.41) is 2.06. The molecule has 2 aromatic heterocycles. The van der Waals surface area contributed by atoms with Gasteiger partial charge in [0.25, 0.3) is 10.0 Å². The maximum absolute atomic E-state index is 12.7. The predicted molar refractivity (Wildman–Crippen MR) is 110 cm³/mol. The van der Waals surface area contributed by atoms with Crippen LogP contribution in [0.15, 0.2) is 65.0 Å². The first-order chi connectivity index (χ1) is 13.0. The summed E-state index contributed by atoms with van der Waals surface area (Å²) in [5.74, 6) is 0. The van der Waals surface area contributed by atoms with Gasteiger partial charge in [0.1, 0.15) is 0 Å². The lowest BCUT2D eigenvalue weighted by Gasteiger charge is -2.09. The monoisotopic (exact) mass is 397 g/mol. The van der Waals surface area contributed by atoms with E-state index in [0.717, 1.165) is 33.9 Å². The number of thiazole rings is 1. The van der Waals surface area contributed by atoms with E-state index in [0.29, 0.717) is 5.69 Å². The average molecular weight is 398 g/mol. The Bertz CT molecular complexity index is 1210. The van der Waals surface area contributed by atoms with Gasteiger partial charge in [-0.1, -0.05) is 31.2 Å². The Morgan fingerprint density at radius 1 is 1.15 bits per heavy atom. The number of fused-ring (bicyclic) bond motifs is 1. The van der Waals surface area contributed by atoms with Crippen LogP contribution in [0.3, 0.4) is 0 Å². The molecule has 2 heterocycles. The molecule has 0 amide bonds. The first-order valence-corrected chi connectivity index (χ1v) is 11.0. The minimum absolute atomic E-state index is 0.253. The van der Waals surface area contributed by atoms with Gasteiger partial charge < -0.3 is 0 Å². The maximum atomic E-state index is 12.7. The van der Waals surface area contributed by atoms with Crippen LogP contribution in [0.2, 0.25) is 0 Å². The molecule has 0 fully saturated rings. The van der Waals surface area contributed by atoms with E-state index < -0.39 is 10.0 Å². The van der Waals surface area contributed by atoms with Crippen molar-refractivity contribution in [1.29, 1.82) is 0 Å². The van der Waals surface area contributed by atoms with Gasteiger partial charge in [0, 0.05) is 28.5 Å². The van der Waals surface area contributed by atoms with Gasteiger partial charge in [-0.25, -0.2) is 13.4 Å². The molecular formula is C20H19N3O2S2. The molecule has 0 bridgehead atoms. The fourth-order valence-corrected chi connectivity index (χ4v) is 4.79. The molecule has 0 radical (unpaired) electrons. The molecule has 0 aliphatic carbocycles. The first kappa shape index (κ1) is 17.8. The van der Waals surface area contributed by atoms with Gasteiger partial charge in [-0.3, -0.25) is 9.12 Å². The SMILES string of the molecule is CCc1ccc(S(=O)(=O)Nc2cccc(-c3cn4c(C)csc4n3)c2)cc1.